The van der Waals surface area contributed by atoms with E-state index in [0.29, 0.717) is 5.92 Å². The van der Waals surface area contributed by atoms with Gasteiger partial charge in [-0.15, -0.1) is 0 Å². The van der Waals surface area contributed by atoms with Crippen LogP contribution in [0.25, 0.3) is 21.9 Å². The second-order valence-electron chi connectivity index (χ2n) is 9.35. The predicted octanol–water partition coefficient (Wildman–Crippen LogP) is 5.33. The van der Waals surface area contributed by atoms with E-state index in [1.165, 1.54) is 37.7 Å². The molecule has 1 saturated heterocycles. The second kappa shape index (κ2) is 6.33. The van der Waals surface area contributed by atoms with E-state index in [4.69, 9.17) is 13.7 Å². The molecule has 2 fully saturated rings. The van der Waals surface area contributed by atoms with Crippen LogP contribution in [0.3, 0.4) is 0 Å². The lowest BCUT2D eigenvalue weighted by molar-refractivity contribution is 0.00578. The number of aromatic nitrogens is 1. The molecule has 146 valence electrons. The zero-order valence-corrected chi connectivity index (χ0v) is 17.2. The van der Waals surface area contributed by atoms with E-state index in [1.807, 2.05) is 6.07 Å². The van der Waals surface area contributed by atoms with E-state index in [2.05, 4.69) is 50.9 Å². The molecule has 1 aliphatic carbocycles. The number of furan rings is 1. The van der Waals surface area contributed by atoms with Crippen LogP contribution in [0.4, 0.5) is 0 Å². The van der Waals surface area contributed by atoms with E-state index in [9.17, 15) is 0 Å². The highest BCUT2D eigenvalue weighted by Crippen LogP contribution is 2.39. The molecule has 28 heavy (non-hydrogen) atoms. The molecule has 4 nitrogen and oxygen atoms in total. The number of nitrogens with zero attached hydrogens (tertiary/aromatic N) is 1. The van der Waals surface area contributed by atoms with E-state index in [-0.39, 0.29) is 0 Å². The van der Waals surface area contributed by atoms with Crippen molar-refractivity contribution in [2.75, 3.05) is 0 Å². The number of fused-ring (bicyclic) bond motifs is 3. The maximum atomic E-state index is 6.30. The first-order valence-corrected chi connectivity index (χ1v) is 10.5. The summed E-state index contributed by atoms with van der Waals surface area (Å²) >= 11 is 0. The third kappa shape index (κ3) is 2.79. The monoisotopic (exact) mass is 377 g/mol. The van der Waals surface area contributed by atoms with Crippen molar-refractivity contribution in [3.63, 3.8) is 0 Å². The van der Waals surface area contributed by atoms with Gasteiger partial charge in [-0.2, -0.15) is 0 Å². The van der Waals surface area contributed by atoms with Crippen molar-refractivity contribution in [1.82, 2.24) is 4.98 Å². The minimum atomic E-state index is -0.493. The Morgan fingerprint density at radius 1 is 0.929 bits per heavy atom. The van der Waals surface area contributed by atoms with Crippen molar-refractivity contribution in [1.29, 1.82) is 0 Å². The minimum absolute atomic E-state index is 0.395. The van der Waals surface area contributed by atoms with Crippen LogP contribution in [-0.2, 0) is 9.31 Å². The fraction of sp³-hybridized carbons (Fsp3) is 0.522. The van der Waals surface area contributed by atoms with Gasteiger partial charge in [-0.3, -0.25) is 4.98 Å². The Kier molecular flexibility index (Phi) is 4.11. The van der Waals surface area contributed by atoms with Gasteiger partial charge in [0.05, 0.1) is 16.8 Å². The Labute approximate surface area is 166 Å². The second-order valence-corrected chi connectivity index (χ2v) is 9.35. The Morgan fingerprint density at radius 3 is 2.36 bits per heavy atom. The van der Waals surface area contributed by atoms with Crippen LogP contribution in [-0.4, -0.2) is 23.3 Å². The highest BCUT2D eigenvalue weighted by atomic mass is 16.7. The van der Waals surface area contributed by atoms with Crippen LogP contribution in [0.2, 0.25) is 0 Å². The molecule has 0 amide bonds. The zero-order chi connectivity index (χ0) is 19.5. The third-order valence-corrected chi connectivity index (χ3v) is 6.99. The summed E-state index contributed by atoms with van der Waals surface area (Å²) in [5.74, 6) is 0.653. The molecule has 5 heteroatoms. The lowest BCUT2D eigenvalue weighted by atomic mass is 9.80. The molecule has 1 aromatic carbocycles. The first-order chi connectivity index (χ1) is 13.4. The average molecular weight is 377 g/mol. The van der Waals surface area contributed by atoms with Crippen molar-refractivity contribution < 1.29 is 13.7 Å². The van der Waals surface area contributed by atoms with E-state index < -0.39 is 18.3 Å². The van der Waals surface area contributed by atoms with Gasteiger partial charge in [-0.1, -0.05) is 25.3 Å². The molecule has 1 aliphatic heterocycles. The summed E-state index contributed by atoms with van der Waals surface area (Å²) < 4.78 is 18.7. The molecule has 0 atom stereocenters. The average Bonchev–Trinajstić information content (AvgIpc) is 3.15. The summed E-state index contributed by atoms with van der Waals surface area (Å²) in [5.41, 5.74) is 3.19. The molecule has 5 rings (SSSR count). The van der Waals surface area contributed by atoms with E-state index in [1.54, 1.807) is 6.20 Å². The molecule has 0 bridgehead atoms. The third-order valence-electron chi connectivity index (χ3n) is 6.99. The highest BCUT2D eigenvalue weighted by molar-refractivity contribution is 6.64. The van der Waals surface area contributed by atoms with Crippen molar-refractivity contribution in [2.45, 2.75) is 76.9 Å². The van der Waals surface area contributed by atoms with Gasteiger partial charge < -0.3 is 13.7 Å². The summed E-state index contributed by atoms with van der Waals surface area (Å²) in [4.78, 5) is 4.67. The van der Waals surface area contributed by atoms with Gasteiger partial charge in [0, 0.05) is 17.0 Å². The molecule has 0 unspecified atom stereocenters. The van der Waals surface area contributed by atoms with Gasteiger partial charge in [0.25, 0.3) is 0 Å². The summed E-state index contributed by atoms with van der Waals surface area (Å²) in [7, 11) is -0.493. The summed E-state index contributed by atoms with van der Waals surface area (Å²) in [6.45, 7) is 8.28. The van der Waals surface area contributed by atoms with Crippen LogP contribution in [0.1, 0.15) is 71.3 Å². The molecule has 1 saturated carbocycles. The smallest absolute Gasteiger partial charge is 0.456 e. The zero-order valence-electron chi connectivity index (χ0n) is 17.2. The molecule has 3 aromatic rings. The Hall–Kier alpha value is -1.85. The van der Waals surface area contributed by atoms with Gasteiger partial charge in [0.15, 0.2) is 0 Å². The highest BCUT2D eigenvalue weighted by Gasteiger charge is 2.53. The van der Waals surface area contributed by atoms with Crippen LogP contribution >= 0.6 is 0 Å². The first-order valence-electron chi connectivity index (χ1n) is 10.5. The van der Waals surface area contributed by atoms with Crippen LogP contribution in [0.15, 0.2) is 34.9 Å². The molecular formula is C23H28BNO3. The summed E-state index contributed by atoms with van der Waals surface area (Å²) in [6, 6.07) is 8.60. The first kappa shape index (κ1) is 18.2. The Balaban J connectivity index is 1.64. The fourth-order valence-corrected chi connectivity index (χ4v) is 4.59. The van der Waals surface area contributed by atoms with Gasteiger partial charge in [-0.25, -0.2) is 0 Å². The van der Waals surface area contributed by atoms with Gasteiger partial charge in [0.2, 0.25) is 0 Å². The van der Waals surface area contributed by atoms with Crippen molar-refractivity contribution in [3.8, 4) is 0 Å². The number of hydrogen-bond acceptors (Lipinski definition) is 4. The molecule has 3 heterocycles. The maximum Gasteiger partial charge on any atom is 0.515 e. The maximum absolute atomic E-state index is 6.30. The summed E-state index contributed by atoms with van der Waals surface area (Å²) in [6.07, 6.45) is 8.37. The molecule has 0 radical (unpaired) electrons. The van der Waals surface area contributed by atoms with E-state index in [0.717, 1.165) is 27.5 Å². The predicted molar refractivity (Wildman–Crippen MR) is 113 cm³/mol. The minimum Gasteiger partial charge on any atom is -0.456 e. The van der Waals surface area contributed by atoms with E-state index >= 15 is 0 Å². The number of benzene rings is 1. The van der Waals surface area contributed by atoms with Crippen molar-refractivity contribution >= 4 is 34.7 Å². The van der Waals surface area contributed by atoms with Crippen LogP contribution in [0, 0.1) is 0 Å². The van der Waals surface area contributed by atoms with Crippen LogP contribution < -0.4 is 5.59 Å². The topological polar surface area (TPSA) is 44.5 Å². The lowest BCUT2D eigenvalue weighted by Gasteiger charge is -2.32. The van der Waals surface area contributed by atoms with Gasteiger partial charge in [-0.05, 0) is 70.2 Å². The largest absolute Gasteiger partial charge is 0.515 e. The standard InChI is InChI=1S/C23H28BNO3/c1-22(2)23(3,4)28-24(27-22)21-20-17-14-16(15-8-6-5-7-9-15)10-11-18(17)26-19(20)12-13-25-21/h10-15H,5-9H2,1-4H3. The lowest BCUT2D eigenvalue weighted by Crippen LogP contribution is -2.41. The van der Waals surface area contributed by atoms with Crippen molar-refractivity contribution in [2.24, 2.45) is 0 Å². The molecule has 0 N–H and O–H groups in total. The van der Waals surface area contributed by atoms with Gasteiger partial charge in [0.1, 0.15) is 11.2 Å². The normalized spacial score (nSPS) is 22.4. The molecular weight excluding hydrogens is 349 g/mol. The quantitative estimate of drug-likeness (QED) is 0.567. The van der Waals surface area contributed by atoms with Crippen LogP contribution in [0.5, 0.6) is 0 Å². The summed E-state index contributed by atoms with van der Waals surface area (Å²) in [5, 5.41) is 2.14. The fourth-order valence-electron chi connectivity index (χ4n) is 4.59. The Bertz CT molecular complexity index is 1020. The van der Waals surface area contributed by atoms with Gasteiger partial charge >= 0.3 is 7.12 Å². The molecule has 2 aromatic heterocycles. The molecule has 0 spiro atoms. The molecule has 2 aliphatic rings. The number of pyridine rings is 1. The Morgan fingerprint density at radius 2 is 1.64 bits per heavy atom. The number of rotatable bonds is 2. The van der Waals surface area contributed by atoms with Crippen molar-refractivity contribution in [3.05, 3.63) is 36.0 Å². The number of hydrogen-bond donors (Lipinski definition) is 0. The SMILES string of the molecule is CC1(C)OB(c2nccc3oc4ccc(C5CCCCC5)cc4c23)OC1(C)C.